The van der Waals surface area contributed by atoms with Crippen molar-refractivity contribution in [2.24, 2.45) is 7.05 Å². The molecule has 4 nitrogen and oxygen atoms in total. The smallest absolute Gasteiger partial charge is 0.104 e. The second kappa shape index (κ2) is 3.71. The van der Waals surface area contributed by atoms with Gasteiger partial charge in [0.25, 0.3) is 0 Å². The molecular weight excluding hydrogens is 180 g/mol. The molecule has 2 rings (SSSR count). The third-order valence-electron chi connectivity index (χ3n) is 3.00. The number of aromatic nitrogens is 2. The standard InChI is InChI=1S/C10H15N2O2/c1-12-9(4-5-11-12)8-3-2-7(13)6-10(8)14/h4-5,7-8,10,13H,2-3,6H2,1H3/t7-,8+,10-/m0/s1. The van der Waals surface area contributed by atoms with Gasteiger partial charge in [-0.1, -0.05) is 0 Å². The van der Waals surface area contributed by atoms with Crippen LogP contribution in [0.15, 0.2) is 12.3 Å². The Labute approximate surface area is 83.2 Å². The summed E-state index contributed by atoms with van der Waals surface area (Å²) in [5.41, 5.74) is 0.997. The first-order valence-corrected chi connectivity index (χ1v) is 5.00. The van der Waals surface area contributed by atoms with E-state index < -0.39 is 12.2 Å². The maximum atomic E-state index is 11.7. The molecule has 0 aliphatic heterocycles. The van der Waals surface area contributed by atoms with Crippen LogP contribution in [0.1, 0.15) is 30.9 Å². The highest BCUT2D eigenvalue weighted by atomic mass is 16.3. The number of aliphatic hydroxyl groups excluding tert-OH is 1. The first-order valence-electron chi connectivity index (χ1n) is 5.00. The van der Waals surface area contributed by atoms with Gasteiger partial charge in [-0.15, -0.1) is 0 Å². The van der Waals surface area contributed by atoms with Gasteiger partial charge >= 0.3 is 0 Å². The second-order valence-electron chi connectivity index (χ2n) is 3.99. The molecule has 4 heteroatoms. The largest absolute Gasteiger partial charge is 0.393 e. The molecule has 1 radical (unpaired) electrons. The minimum Gasteiger partial charge on any atom is -0.393 e. The van der Waals surface area contributed by atoms with Crippen LogP contribution in [-0.2, 0) is 12.2 Å². The van der Waals surface area contributed by atoms with Gasteiger partial charge < -0.3 is 5.11 Å². The molecule has 1 N–H and O–H groups in total. The van der Waals surface area contributed by atoms with Crippen LogP contribution in [0.3, 0.4) is 0 Å². The lowest BCUT2D eigenvalue weighted by Gasteiger charge is -2.29. The summed E-state index contributed by atoms with van der Waals surface area (Å²) in [6.45, 7) is 0. The minimum atomic E-state index is -0.686. The first-order chi connectivity index (χ1) is 6.68. The van der Waals surface area contributed by atoms with Gasteiger partial charge in [0.05, 0.1) is 6.10 Å². The van der Waals surface area contributed by atoms with E-state index in [9.17, 15) is 10.2 Å². The van der Waals surface area contributed by atoms with Crippen molar-refractivity contribution in [1.82, 2.24) is 9.78 Å². The van der Waals surface area contributed by atoms with E-state index in [-0.39, 0.29) is 5.92 Å². The van der Waals surface area contributed by atoms with Gasteiger partial charge in [0.15, 0.2) is 0 Å². The van der Waals surface area contributed by atoms with Crippen LogP contribution in [0.2, 0.25) is 0 Å². The predicted molar refractivity (Wildman–Crippen MR) is 50.3 cm³/mol. The maximum Gasteiger partial charge on any atom is 0.104 e. The Balaban J connectivity index is 2.15. The van der Waals surface area contributed by atoms with Crippen LogP contribution in [-0.4, -0.2) is 27.1 Å². The predicted octanol–water partition coefficient (Wildman–Crippen LogP) is 0.848. The zero-order valence-electron chi connectivity index (χ0n) is 8.26. The molecule has 0 unspecified atom stereocenters. The second-order valence-corrected chi connectivity index (χ2v) is 3.99. The third kappa shape index (κ3) is 1.67. The molecule has 0 bridgehead atoms. The number of hydrogen-bond donors (Lipinski definition) is 1. The average molecular weight is 195 g/mol. The van der Waals surface area contributed by atoms with Crippen LogP contribution in [0, 0.1) is 0 Å². The average Bonchev–Trinajstić information content (AvgIpc) is 2.52. The van der Waals surface area contributed by atoms with E-state index in [1.54, 1.807) is 10.9 Å². The fourth-order valence-electron chi connectivity index (χ4n) is 2.19. The Hall–Kier alpha value is -0.870. The van der Waals surface area contributed by atoms with Crippen LogP contribution >= 0.6 is 0 Å². The van der Waals surface area contributed by atoms with Crippen molar-refractivity contribution in [3.05, 3.63) is 18.0 Å². The van der Waals surface area contributed by atoms with Crippen LogP contribution in [0.5, 0.6) is 0 Å². The van der Waals surface area contributed by atoms with E-state index >= 15 is 0 Å². The van der Waals surface area contributed by atoms with E-state index in [1.807, 2.05) is 13.1 Å². The molecule has 0 aromatic carbocycles. The molecule has 1 aliphatic carbocycles. The molecular formula is C10H15N2O2. The molecule has 0 saturated heterocycles. The highest BCUT2D eigenvalue weighted by Gasteiger charge is 2.31. The molecule has 77 valence electrons. The van der Waals surface area contributed by atoms with E-state index in [2.05, 4.69) is 5.10 Å². The van der Waals surface area contributed by atoms with Gasteiger partial charge in [-0.2, -0.15) is 5.10 Å². The molecule has 14 heavy (non-hydrogen) atoms. The van der Waals surface area contributed by atoms with Crippen molar-refractivity contribution < 1.29 is 10.2 Å². The summed E-state index contributed by atoms with van der Waals surface area (Å²) in [5, 5.41) is 25.1. The first kappa shape index (κ1) is 9.68. The van der Waals surface area contributed by atoms with Crippen LogP contribution in [0.4, 0.5) is 0 Å². The summed E-state index contributed by atoms with van der Waals surface area (Å²) in [6, 6.07) is 1.90. The van der Waals surface area contributed by atoms with E-state index in [0.717, 1.165) is 18.5 Å². The van der Waals surface area contributed by atoms with Crippen molar-refractivity contribution in [3.63, 3.8) is 0 Å². The van der Waals surface area contributed by atoms with Gasteiger partial charge in [0.1, 0.15) is 6.10 Å². The number of aliphatic hydroxyl groups is 1. The van der Waals surface area contributed by atoms with Gasteiger partial charge in [0, 0.05) is 31.3 Å². The SMILES string of the molecule is Cn1nccc1[C@H]1CC[C@H](O)C[C@@H]1[O]. The zero-order valence-corrected chi connectivity index (χ0v) is 8.26. The lowest BCUT2D eigenvalue weighted by atomic mass is 9.83. The van der Waals surface area contributed by atoms with Gasteiger partial charge in [-0.3, -0.25) is 4.68 Å². The molecule has 1 aromatic rings. The summed E-state index contributed by atoms with van der Waals surface area (Å²) < 4.78 is 1.76. The molecule has 1 aliphatic rings. The fraction of sp³-hybridized carbons (Fsp3) is 0.700. The molecule has 3 atom stereocenters. The Morgan fingerprint density at radius 2 is 2.36 bits per heavy atom. The lowest BCUT2D eigenvalue weighted by molar-refractivity contribution is -0.0169. The summed E-state index contributed by atoms with van der Waals surface area (Å²) in [4.78, 5) is 0. The maximum absolute atomic E-state index is 11.7. The zero-order chi connectivity index (χ0) is 10.1. The van der Waals surface area contributed by atoms with Crippen molar-refractivity contribution in [3.8, 4) is 0 Å². The topological polar surface area (TPSA) is 57.9 Å². The lowest BCUT2D eigenvalue weighted by Crippen LogP contribution is -2.30. The third-order valence-corrected chi connectivity index (χ3v) is 3.00. The number of nitrogens with zero attached hydrogens (tertiary/aromatic N) is 2. The Kier molecular flexibility index (Phi) is 2.56. The van der Waals surface area contributed by atoms with Crippen molar-refractivity contribution in [1.29, 1.82) is 0 Å². The fourth-order valence-corrected chi connectivity index (χ4v) is 2.19. The van der Waals surface area contributed by atoms with Crippen molar-refractivity contribution >= 4 is 0 Å². The van der Waals surface area contributed by atoms with E-state index in [1.165, 1.54) is 0 Å². The van der Waals surface area contributed by atoms with Gasteiger partial charge in [0.2, 0.25) is 0 Å². The number of aryl methyl sites for hydroxylation is 1. The number of rotatable bonds is 1. The molecule has 1 saturated carbocycles. The monoisotopic (exact) mass is 195 g/mol. The van der Waals surface area contributed by atoms with Gasteiger partial charge in [-0.05, 0) is 18.9 Å². The van der Waals surface area contributed by atoms with Crippen molar-refractivity contribution in [2.45, 2.75) is 37.4 Å². The van der Waals surface area contributed by atoms with Gasteiger partial charge in [-0.25, -0.2) is 5.11 Å². The summed E-state index contributed by atoms with van der Waals surface area (Å²) in [7, 11) is 1.85. The molecule has 0 spiro atoms. The summed E-state index contributed by atoms with van der Waals surface area (Å²) in [6.07, 6.45) is 2.50. The Morgan fingerprint density at radius 3 is 2.93 bits per heavy atom. The van der Waals surface area contributed by atoms with E-state index in [0.29, 0.717) is 6.42 Å². The number of hydrogen-bond acceptors (Lipinski definition) is 2. The Morgan fingerprint density at radius 1 is 1.57 bits per heavy atom. The van der Waals surface area contributed by atoms with E-state index in [4.69, 9.17) is 0 Å². The molecule has 1 fully saturated rings. The highest BCUT2D eigenvalue weighted by molar-refractivity contribution is 5.11. The van der Waals surface area contributed by atoms with Crippen LogP contribution < -0.4 is 0 Å². The Bertz CT molecular complexity index is 311. The molecule has 0 amide bonds. The molecule has 1 aromatic heterocycles. The normalized spacial score (nSPS) is 33.2. The quantitative estimate of drug-likeness (QED) is 0.722. The van der Waals surface area contributed by atoms with Crippen LogP contribution in [0.25, 0.3) is 0 Å². The molecule has 1 heterocycles. The highest BCUT2D eigenvalue weighted by Crippen LogP contribution is 2.33. The summed E-state index contributed by atoms with van der Waals surface area (Å²) >= 11 is 0. The summed E-state index contributed by atoms with van der Waals surface area (Å²) in [5.74, 6) is 0.0194. The minimum absolute atomic E-state index is 0.0194. The van der Waals surface area contributed by atoms with Crippen molar-refractivity contribution in [2.75, 3.05) is 0 Å².